The predicted molar refractivity (Wildman–Crippen MR) is 62.7 cm³/mol. The van der Waals surface area contributed by atoms with E-state index in [0.717, 1.165) is 19.3 Å². The van der Waals surface area contributed by atoms with Gasteiger partial charge in [0.05, 0.1) is 0 Å². The van der Waals surface area contributed by atoms with Crippen molar-refractivity contribution < 1.29 is 4.79 Å². The van der Waals surface area contributed by atoms with Gasteiger partial charge < -0.3 is 5.32 Å². The summed E-state index contributed by atoms with van der Waals surface area (Å²) < 4.78 is 0. The Bertz CT molecular complexity index is 282. The maximum absolute atomic E-state index is 10.9. The molecule has 15 heavy (non-hydrogen) atoms. The summed E-state index contributed by atoms with van der Waals surface area (Å²) >= 11 is 0. The molecule has 0 radical (unpaired) electrons. The Balaban J connectivity index is 2.05. The number of amides is 1. The highest BCUT2D eigenvalue weighted by atomic mass is 16.1. The topological polar surface area (TPSA) is 29.1 Å². The molecule has 2 nitrogen and oxygen atoms in total. The largest absolute Gasteiger partial charge is 0.359 e. The molecule has 1 rings (SSSR count). The zero-order valence-corrected chi connectivity index (χ0v) is 9.33. The molecular formula is C13H19NO. The Kier molecular flexibility index (Phi) is 5.52. The third-order valence-electron chi connectivity index (χ3n) is 2.49. The summed E-state index contributed by atoms with van der Waals surface area (Å²) in [7, 11) is 1.69. The smallest absolute Gasteiger partial charge is 0.219 e. The summed E-state index contributed by atoms with van der Waals surface area (Å²) in [5.74, 6) is 0.148. The number of nitrogens with one attached hydrogen (secondary N) is 1. The van der Waals surface area contributed by atoms with E-state index in [1.807, 2.05) is 6.07 Å². The third kappa shape index (κ3) is 5.21. The lowest BCUT2D eigenvalue weighted by Gasteiger charge is -2.01. The number of benzene rings is 1. The average Bonchev–Trinajstić information content (AvgIpc) is 2.29. The van der Waals surface area contributed by atoms with Crippen molar-refractivity contribution in [3.05, 3.63) is 35.9 Å². The summed E-state index contributed by atoms with van der Waals surface area (Å²) in [5.41, 5.74) is 1.39. The molecule has 0 fully saturated rings. The van der Waals surface area contributed by atoms with Gasteiger partial charge in [-0.2, -0.15) is 0 Å². The third-order valence-corrected chi connectivity index (χ3v) is 2.49. The van der Waals surface area contributed by atoms with E-state index in [0.29, 0.717) is 6.42 Å². The van der Waals surface area contributed by atoms with Crippen molar-refractivity contribution in [3.63, 3.8) is 0 Å². The van der Waals surface area contributed by atoms with E-state index in [-0.39, 0.29) is 5.91 Å². The van der Waals surface area contributed by atoms with Crippen LogP contribution in [0.15, 0.2) is 30.3 Å². The van der Waals surface area contributed by atoms with Crippen LogP contribution in [0.4, 0.5) is 0 Å². The Hall–Kier alpha value is -1.31. The highest BCUT2D eigenvalue weighted by Gasteiger charge is 1.97. The SMILES string of the molecule is CNC(=O)CCCCCc1ccccc1. The highest BCUT2D eigenvalue weighted by molar-refractivity contribution is 5.75. The molecule has 0 saturated heterocycles. The second-order valence-electron chi connectivity index (χ2n) is 3.72. The van der Waals surface area contributed by atoms with Crippen molar-refractivity contribution in [2.75, 3.05) is 7.05 Å². The molecule has 0 aliphatic carbocycles. The number of unbranched alkanes of at least 4 members (excludes halogenated alkanes) is 2. The van der Waals surface area contributed by atoms with Crippen molar-refractivity contribution in [1.29, 1.82) is 0 Å². The lowest BCUT2D eigenvalue weighted by atomic mass is 10.1. The molecule has 0 aliphatic heterocycles. The van der Waals surface area contributed by atoms with Gasteiger partial charge in [0, 0.05) is 13.5 Å². The number of aryl methyl sites for hydroxylation is 1. The van der Waals surface area contributed by atoms with Crippen molar-refractivity contribution in [2.45, 2.75) is 32.1 Å². The normalized spacial score (nSPS) is 9.93. The number of hydrogen-bond acceptors (Lipinski definition) is 1. The van der Waals surface area contributed by atoms with Crippen LogP contribution in [0, 0.1) is 0 Å². The molecule has 0 unspecified atom stereocenters. The predicted octanol–water partition coefficient (Wildman–Crippen LogP) is 2.54. The molecule has 82 valence electrons. The van der Waals surface area contributed by atoms with E-state index in [2.05, 4.69) is 29.6 Å². The minimum Gasteiger partial charge on any atom is -0.359 e. The second-order valence-corrected chi connectivity index (χ2v) is 3.72. The van der Waals surface area contributed by atoms with E-state index >= 15 is 0 Å². The van der Waals surface area contributed by atoms with E-state index in [1.165, 1.54) is 12.0 Å². The lowest BCUT2D eigenvalue weighted by molar-refractivity contribution is -0.120. The van der Waals surface area contributed by atoms with Gasteiger partial charge in [-0.15, -0.1) is 0 Å². The van der Waals surface area contributed by atoms with E-state index in [9.17, 15) is 4.79 Å². The summed E-state index contributed by atoms with van der Waals surface area (Å²) in [5, 5.41) is 2.63. The number of carbonyl (C=O) groups excluding carboxylic acids is 1. The van der Waals surface area contributed by atoms with Gasteiger partial charge in [-0.25, -0.2) is 0 Å². The Morgan fingerprint density at radius 1 is 1.13 bits per heavy atom. The maximum atomic E-state index is 10.9. The maximum Gasteiger partial charge on any atom is 0.219 e. The quantitative estimate of drug-likeness (QED) is 0.710. The van der Waals surface area contributed by atoms with Crippen LogP contribution in [0.2, 0.25) is 0 Å². The molecule has 1 amide bonds. The average molecular weight is 205 g/mol. The van der Waals surface area contributed by atoms with Crippen LogP contribution in [0.3, 0.4) is 0 Å². The minimum absolute atomic E-state index is 0.148. The van der Waals surface area contributed by atoms with E-state index < -0.39 is 0 Å². The van der Waals surface area contributed by atoms with E-state index in [1.54, 1.807) is 7.05 Å². The zero-order chi connectivity index (χ0) is 10.9. The zero-order valence-electron chi connectivity index (χ0n) is 9.33. The van der Waals surface area contributed by atoms with Gasteiger partial charge in [0.25, 0.3) is 0 Å². The number of hydrogen-bond donors (Lipinski definition) is 1. The van der Waals surface area contributed by atoms with Crippen molar-refractivity contribution in [3.8, 4) is 0 Å². The van der Waals surface area contributed by atoms with Gasteiger partial charge in [0.15, 0.2) is 0 Å². The fourth-order valence-corrected chi connectivity index (χ4v) is 1.56. The molecule has 0 heterocycles. The first kappa shape index (κ1) is 11.8. The number of carbonyl (C=O) groups is 1. The second kappa shape index (κ2) is 7.04. The van der Waals surface area contributed by atoms with Crippen LogP contribution in [-0.2, 0) is 11.2 Å². The molecule has 1 aromatic carbocycles. The number of rotatable bonds is 6. The van der Waals surface area contributed by atoms with Gasteiger partial charge in [0.1, 0.15) is 0 Å². The first-order valence-electron chi connectivity index (χ1n) is 5.57. The van der Waals surface area contributed by atoms with Crippen LogP contribution in [0.5, 0.6) is 0 Å². The van der Waals surface area contributed by atoms with Crippen LogP contribution in [-0.4, -0.2) is 13.0 Å². The summed E-state index contributed by atoms with van der Waals surface area (Å²) in [6.07, 6.45) is 5.07. The Morgan fingerprint density at radius 2 is 1.87 bits per heavy atom. The van der Waals surface area contributed by atoms with Gasteiger partial charge in [-0.05, 0) is 24.8 Å². The van der Waals surface area contributed by atoms with Gasteiger partial charge in [-0.3, -0.25) is 4.79 Å². The van der Waals surface area contributed by atoms with E-state index in [4.69, 9.17) is 0 Å². The molecule has 0 aromatic heterocycles. The van der Waals surface area contributed by atoms with Gasteiger partial charge >= 0.3 is 0 Å². The monoisotopic (exact) mass is 205 g/mol. The van der Waals surface area contributed by atoms with Crippen molar-refractivity contribution >= 4 is 5.91 Å². The summed E-state index contributed by atoms with van der Waals surface area (Å²) in [6, 6.07) is 10.5. The Labute approximate surface area is 91.7 Å². The van der Waals surface area contributed by atoms with Crippen molar-refractivity contribution in [2.24, 2.45) is 0 Å². The molecule has 0 spiro atoms. The van der Waals surface area contributed by atoms with Crippen LogP contribution < -0.4 is 5.32 Å². The standard InChI is InChI=1S/C13H19NO/c1-14-13(15)11-7-3-6-10-12-8-4-2-5-9-12/h2,4-5,8-9H,3,6-7,10-11H2,1H3,(H,14,15). The molecule has 2 heteroatoms. The summed E-state index contributed by atoms with van der Waals surface area (Å²) in [4.78, 5) is 10.9. The molecule has 0 atom stereocenters. The first-order chi connectivity index (χ1) is 7.33. The van der Waals surface area contributed by atoms with Gasteiger partial charge in [0.2, 0.25) is 5.91 Å². The minimum atomic E-state index is 0.148. The van der Waals surface area contributed by atoms with Crippen LogP contribution in [0.1, 0.15) is 31.2 Å². The molecule has 1 aromatic rings. The highest BCUT2D eigenvalue weighted by Crippen LogP contribution is 2.07. The molecular weight excluding hydrogens is 186 g/mol. The molecule has 0 saturated carbocycles. The Morgan fingerprint density at radius 3 is 2.53 bits per heavy atom. The summed E-state index contributed by atoms with van der Waals surface area (Å²) in [6.45, 7) is 0. The lowest BCUT2D eigenvalue weighted by Crippen LogP contribution is -2.16. The van der Waals surface area contributed by atoms with Crippen molar-refractivity contribution in [1.82, 2.24) is 5.32 Å². The molecule has 1 N–H and O–H groups in total. The fraction of sp³-hybridized carbons (Fsp3) is 0.462. The molecule has 0 aliphatic rings. The van der Waals surface area contributed by atoms with Crippen LogP contribution >= 0.6 is 0 Å². The fourth-order valence-electron chi connectivity index (χ4n) is 1.56. The first-order valence-corrected chi connectivity index (χ1v) is 5.57. The molecule has 0 bridgehead atoms. The van der Waals surface area contributed by atoms with Crippen LogP contribution in [0.25, 0.3) is 0 Å². The van der Waals surface area contributed by atoms with Gasteiger partial charge in [-0.1, -0.05) is 36.8 Å².